The molecule has 1 aliphatic carbocycles. The lowest BCUT2D eigenvalue weighted by atomic mass is 9.66. The molecule has 1 fully saturated rings. The lowest BCUT2D eigenvalue weighted by Crippen LogP contribution is -2.62. The Kier molecular flexibility index (Phi) is 7.49. The minimum absolute atomic E-state index is 0.0137. The highest BCUT2D eigenvalue weighted by Crippen LogP contribution is 2.45. The van der Waals surface area contributed by atoms with Crippen LogP contribution in [0.25, 0.3) is 0 Å². The van der Waals surface area contributed by atoms with Crippen molar-refractivity contribution in [1.29, 1.82) is 0 Å². The summed E-state index contributed by atoms with van der Waals surface area (Å²) in [4.78, 5) is 39.3. The van der Waals surface area contributed by atoms with Crippen LogP contribution in [0.4, 0.5) is 0 Å². The number of aliphatic hydroxyl groups is 2. The minimum Gasteiger partial charge on any atom is -0.474 e. The van der Waals surface area contributed by atoms with Crippen molar-refractivity contribution in [2.45, 2.75) is 57.7 Å². The standard InChI is InChI=1S/C25H32O8Si/c1-6-31-22(28)18-14-15(2)19(26)21(33-23(29)20(27)16-10-8-7-9-11-16)25(18,30)17-12-13-32-24(17)34(3,4)5/h7-13,15,18,20-21,27,30H,6,14H2,1-5H3/t15-,18-,20+,21-,25+/m1/s1. The number of furan rings is 1. The van der Waals surface area contributed by atoms with Crippen molar-refractivity contribution >= 4 is 31.2 Å². The van der Waals surface area contributed by atoms with Gasteiger partial charge >= 0.3 is 11.9 Å². The van der Waals surface area contributed by atoms with E-state index in [0.29, 0.717) is 5.38 Å². The third kappa shape index (κ3) is 4.73. The van der Waals surface area contributed by atoms with Gasteiger partial charge in [-0.3, -0.25) is 9.59 Å². The molecule has 8 nitrogen and oxygen atoms in total. The summed E-state index contributed by atoms with van der Waals surface area (Å²) < 4.78 is 16.5. The van der Waals surface area contributed by atoms with Crippen molar-refractivity contribution < 1.29 is 38.5 Å². The summed E-state index contributed by atoms with van der Waals surface area (Å²) in [6, 6.07) is 9.64. The average molecular weight is 489 g/mol. The molecule has 0 radical (unpaired) electrons. The van der Waals surface area contributed by atoms with E-state index in [1.807, 2.05) is 19.6 Å². The summed E-state index contributed by atoms with van der Waals surface area (Å²) >= 11 is 0. The van der Waals surface area contributed by atoms with Gasteiger partial charge in [0.1, 0.15) is 13.7 Å². The maximum absolute atomic E-state index is 13.3. The smallest absolute Gasteiger partial charge is 0.340 e. The summed E-state index contributed by atoms with van der Waals surface area (Å²) in [5, 5.41) is 23.2. The van der Waals surface area contributed by atoms with Crippen LogP contribution in [0.2, 0.25) is 19.6 Å². The maximum atomic E-state index is 13.3. The molecule has 9 heteroatoms. The molecule has 3 rings (SSSR count). The summed E-state index contributed by atoms with van der Waals surface area (Å²) in [6.07, 6.45) is -2.00. The highest BCUT2D eigenvalue weighted by atomic mass is 28.3. The summed E-state index contributed by atoms with van der Waals surface area (Å²) in [7, 11) is -2.20. The number of ether oxygens (including phenoxy) is 2. The SMILES string of the molecule is CCOC(=O)[C@H]1C[C@@H](C)C(=O)[C@@H](OC(=O)[C@@H](O)c2ccccc2)[C@]1(O)c1ccoc1[Si](C)(C)C. The highest BCUT2D eigenvalue weighted by Gasteiger charge is 2.61. The van der Waals surface area contributed by atoms with Gasteiger partial charge in [-0.1, -0.05) is 56.9 Å². The number of rotatable bonds is 7. The molecule has 1 aromatic carbocycles. The Labute approximate surface area is 199 Å². The van der Waals surface area contributed by atoms with E-state index in [4.69, 9.17) is 13.9 Å². The van der Waals surface area contributed by atoms with Crippen LogP contribution in [0.15, 0.2) is 47.1 Å². The van der Waals surface area contributed by atoms with Crippen molar-refractivity contribution in [2.24, 2.45) is 11.8 Å². The van der Waals surface area contributed by atoms with Crippen LogP contribution in [0, 0.1) is 11.8 Å². The van der Waals surface area contributed by atoms with E-state index in [1.54, 1.807) is 44.2 Å². The van der Waals surface area contributed by atoms with E-state index in [-0.39, 0.29) is 24.2 Å². The first-order valence-corrected chi connectivity index (χ1v) is 14.9. The highest BCUT2D eigenvalue weighted by molar-refractivity contribution is 6.88. The second kappa shape index (κ2) is 9.85. The maximum Gasteiger partial charge on any atom is 0.340 e. The third-order valence-corrected chi connectivity index (χ3v) is 7.94. The van der Waals surface area contributed by atoms with Gasteiger partial charge in [0.15, 0.2) is 18.0 Å². The van der Waals surface area contributed by atoms with Crippen molar-refractivity contribution in [3.8, 4) is 0 Å². The number of esters is 2. The van der Waals surface area contributed by atoms with E-state index in [0.717, 1.165) is 0 Å². The first-order valence-electron chi connectivity index (χ1n) is 11.4. The van der Waals surface area contributed by atoms with Crippen molar-refractivity contribution in [3.05, 3.63) is 53.8 Å². The van der Waals surface area contributed by atoms with Crippen LogP contribution in [0.3, 0.4) is 0 Å². The monoisotopic (exact) mass is 488 g/mol. The second-order valence-corrected chi connectivity index (χ2v) is 14.7. The molecule has 1 aromatic heterocycles. The number of hydrogen-bond acceptors (Lipinski definition) is 8. The van der Waals surface area contributed by atoms with Crippen molar-refractivity contribution in [2.75, 3.05) is 6.61 Å². The lowest BCUT2D eigenvalue weighted by Gasteiger charge is -2.45. The van der Waals surface area contributed by atoms with Gasteiger partial charge in [-0.25, -0.2) is 4.79 Å². The van der Waals surface area contributed by atoms with Gasteiger partial charge in [-0.15, -0.1) is 0 Å². The molecular formula is C25H32O8Si. The Morgan fingerprint density at radius 2 is 1.85 bits per heavy atom. The van der Waals surface area contributed by atoms with Gasteiger partial charge in [0, 0.05) is 11.5 Å². The van der Waals surface area contributed by atoms with E-state index in [1.165, 1.54) is 12.3 Å². The summed E-state index contributed by atoms with van der Waals surface area (Å²) in [6.45, 7) is 9.31. The summed E-state index contributed by atoms with van der Waals surface area (Å²) in [5.74, 6) is -4.21. The Morgan fingerprint density at radius 1 is 1.21 bits per heavy atom. The molecule has 0 amide bonds. The zero-order valence-electron chi connectivity index (χ0n) is 20.1. The largest absolute Gasteiger partial charge is 0.474 e. The van der Waals surface area contributed by atoms with Gasteiger partial charge in [0.2, 0.25) is 0 Å². The van der Waals surface area contributed by atoms with Gasteiger partial charge in [0.05, 0.1) is 24.2 Å². The van der Waals surface area contributed by atoms with Crippen LogP contribution in [-0.2, 0) is 29.5 Å². The number of carbonyl (C=O) groups is 3. The van der Waals surface area contributed by atoms with Crippen LogP contribution in [0.5, 0.6) is 0 Å². The van der Waals surface area contributed by atoms with Crippen molar-refractivity contribution in [3.63, 3.8) is 0 Å². The number of ketones is 1. The zero-order chi connectivity index (χ0) is 25.3. The normalized spacial score (nSPS) is 26.1. The predicted molar refractivity (Wildman–Crippen MR) is 126 cm³/mol. The molecule has 34 heavy (non-hydrogen) atoms. The first kappa shape index (κ1) is 25.9. The number of aliphatic hydroxyl groups excluding tert-OH is 1. The zero-order valence-corrected chi connectivity index (χ0v) is 21.1. The Morgan fingerprint density at radius 3 is 2.44 bits per heavy atom. The minimum atomic E-state index is -2.22. The molecule has 0 bridgehead atoms. The Balaban J connectivity index is 2.12. The molecule has 2 N–H and O–H groups in total. The van der Waals surface area contributed by atoms with Gasteiger partial charge in [-0.05, 0) is 25.0 Å². The second-order valence-electron chi connectivity index (χ2n) is 9.71. The molecule has 2 aromatic rings. The number of carbonyl (C=O) groups excluding carboxylic acids is 3. The van der Waals surface area contributed by atoms with Gasteiger partial charge in [0.25, 0.3) is 0 Å². The van der Waals surface area contributed by atoms with Crippen LogP contribution in [0.1, 0.15) is 37.5 Å². The fraction of sp³-hybridized carbons (Fsp3) is 0.480. The Bertz CT molecular complexity index is 1040. The van der Waals surface area contributed by atoms with Crippen LogP contribution < -0.4 is 5.38 Å². The fourth-order valence-corrected chi connectivity index (χ4v) is 5.97. The first-order chi connectivity index (χ1) is 15.9. The van der Waals surface area contributed by atoms with E-state index in [9.17, 15) is 24.6 Å². The molecule has 1 saturated carbocycles. The molecule has 184 valence electrons. The third-order valence-electron chi connectivity index (χ3n) is 6.19. The van der Waals surface area contributed by atoms with Crippen LogP contribution >= 0.6 is 0 Å². The predicted octanol–water partition coefficient (Wildman–Crippen LogP) is 2.45. The summed E-state index contributed by atoms with van der Waals surface area (Å²) in [5.41, 5.74) is -1.71. The quantitative estimate of drug-likeness (QED) is 0.450. The fourth-order valence-electron chi connectivity index (χ4n) is 4.46. The van der Waals surface area contributed by atoms with E-state index >= 15 is 0 Å². The molecular weight excluding hydrogens is 456 g/mol. The van der Waals surface area contributed by atoms with Gasteiger partial charge < -0.3 is 24.1 Å². The Hall–Kier alpha value is -2.75. The van der Waals surface area contributed by atoms with E-state index in [2.05, 4.69) is 0 Å². The molecule has 1 aliphatic rings. The molecule has 0 saturated heterocycles. The number of benzene rings is 1. The van der Waals surface area contributed by atoms with Crippen LogP contribution in [-0.4, -0.2) is 48.7 Å². The molecule has 0 aliphatic heterocycles. The van der Waals surface area contributed by atoms with Crippen molar-refractivity contribution in [1.82, 2.24) is 0 Å². The number of hydrogen-bond donors (Lipinski definition) is 2. The molecule has 0 spiro atoms. The number of Topliss-reactive ketones (excluding diaryl/α,β-unsaturated/α-hetero) is 1. The molecule has 5 atom stereocenters. The average Bonchev–Trinajstić information content (AvgIpc) is 3.30. The lowest BCUT2D eigenvalue weighted by molar-refractivity contribution is -0.205. The van der Waals surface area contributed by atoms with Gasteiger partial charge in [-0.2, -0.15) is 0 Å². The molecule has 0 unspecified atom stereocenters. The molecule has 1 heterocycles. The topological polar surface area (TPSA) is 123 Å². The van der Waals surface area contributed by atoms with E-state index < -0.39 is 55.4 Å².